The summed E-state index contributed by atoms with van der Waals surface area (Å²) in [5.41, 5.74) is 0. The van der Waals surface area contributed by atoms with Gasteiger partial charge >= 0.3 is 5.97 Å². The van der Waals surface area contributed by atoms with Crippen molar-refractivity contribution in [1.29, 1.82) is 0 Å². The molecule has 3 N–H and O–H groups in total. The number of hydrogen-bond donors (Lipinski definition) is 3. The van der Waals surface area contributed by atoms with Crippen LogP contribution < -0.4 is 5.32 Å². The van der Waals surface area contributed by atoms with Crippen molar-refractivity contribution >= 4 is 11.9 Å². The summed E-state index contributed by atoms with van der Waals surface area (Å²) in [6, 6.07) is -0.674. The van der Waals surface area contributed by atoms with Gasteiger partial charge in [0.2, 0.25) is 5.91 Å². The summed E-state index contributed by atoms with van der Waals surface area (Å²) in [6.07, 6.45) is 72.5. The molecule has 0 fully saturated rings. The molecule has 0 heterocycles. The molecule has 0 aliphatic heterocycles. The number of allylic oxidation sites excluding steroid dienone is 9. The lowest BCUT2D eigenvalue weighted by Crippen LogP contribution is -2.45. The SMILES string of the molecule is CCCCC/C=C\C/C=C\CCCCCCCCCCCC(=O)OCCCCCCCC/C=C\C/C=C\CCC(=O)NC(CO)C(O)/C=C/CCCCCCCCCCCCCCCCCC. The second-order valence-corrected chi connectivity index (χ2v) is 19.6. The maximum Gasteiger partial charge on any atom is 0.305 e. The summed E-state index contributed by atoms with van der Waals surface area (Å²) in [7, 11) is 0. The van der Waals surface area contributed by atoms with Gasteiger partial charge in [0.15, 0.2) is 0 Å². The third-order valence-corrected chi connectivity index (χ3v) is 13.0. The van der Waals surface area contributed by atoms with Crippen LogP contribution in [0.25, 0.3) is 0 Å². The molecule has 0 aromatic heterocycles. The van der Waals surface area contributed by atoms with E-state index in [-0.39, 0.29) is 18.5 Å². The number of nitrogens with one attached hydrogen (secondary N) is 1. The van der Waals surface area contributed by atoms with E-state index in [0.29, 0.717) is 25.9 Å². The molecule has 2 atom stereocenters. The Morgan fingerprint density at radius 2 is 0.761 bits per heavy atom. The Bertz CT molecular complexity index is 1170. The Morgan fingerprint density at radius 3 is 1.19 bits per heavy atom. The second-order valence-electron chi connectivity index (χ2n) is 19.6. The monoisotopic (exact) mass is 938 g/mol. The number of amides is 1. The topological polar surface area (TPSA) is 95.9 Å². The van der Waals surface area contributed by atoms with Crippen molar-refractivity contribution in [1.82, 2.24) is 5.32 Å². The summed E-state index contributed by atoms with van der Waals surface area (Å²) in [4.78, 5) is 24.5. The van der Waals surface area contributed by atoms with Gasteiger partial charge in [0.25, 0.3) is 0 Å². The molecular formula is C61H111NO5. The number of rotatable bonds is 53. The average molecular weight is 939 g/mol. The summed E-state index contributed by atoms with van der Waals surface area (Å²) in [5, 5.41) is 23.1. The van der Waals surface area contributed by atoms with Crippen molar-refractivity contribution < 1.29 is 24.5 Å². The van der Waals surface area contributed by atoms with Gasteiger partial charge in [0, 0.05) is 12.8 Å². The van der Waals surface area contributed by atoms with Crippen LogP contribution in [0.3, 0.4) is 0 Å². The van der Waals surface area contributed by atoms with Crippen LogP contribution in [0.2, 0.25) is 0 Å². The van der Waals surface area contributed by atoms with Crippen molar-refractivity contribution in [2.75, 3.05) is 13.2 Å². The fourth-order valence-electron chi connectivity index (χ4n) is 8.54. The van der Waals surface area contributed by atoms with Crippen molar-refractivity contribution in [3.63, 3.8) is 0 Å². The Hall–Kier alpha value is -2.44. The van der Waals surface area contributed by atoms with Gasteiger partial charge in [-0.05, 0) is 83.5 Å². The zero-order valence-corrected chi connectivity index (χ0v) is 44.4. The predicted octanol–water partition coefficient (Wildman–Crippen LogP) is 18.0. The molecule has 0 saturated heterocycles. The molecule has 0 saturated carbocycles. The zero-order chi connectivity index (χ0) is 48.6. The van der Waals surface area contributed by atoms with Gasteiger partial charge in [-0.1, -0.05) is 254 Å². The van der Waals surface area contributed by atoms with Gasteiger partial charge in [0.1, 0.15) is 0 Å². The smallest absolute Gasteiger partial charge is 0.305 e. The lowest BCUT2D eigenvalue weighted by atomic mass is 10.0. The van der Waals surface area contributed by atoms with E-state index in [4.69, 9.17) is 4.74 Å². The van der Waals surface area contributed by atoms with Gasteiger partial charge in [-0.2, -0.15) is 0 Å². The molecule has 0 aliphatic rings. The molecule has 0 aromatic carbocycles. The molecule has 0 spiro atoms. The van der Waals surface area contributed by atoms with Crippen molar-refractivity contribution in [2.45, 2.75) is 302 Å². The van der Waals surface area contributed by atoms with Gasteiger partial charge in [0.05, 0.1) is 25.4 Å². The first kappa shape index (κ1) is 64.6. The third-order valence-electron chi connectivity index (χ3n) is 13.0. The van der Waals surface area contributed by atoms with Crippen molar-refractivity contribution in [3.8, 4) is 0 Å². The third kappa shape index (κ3) is 52.8. The summed E-state index contributed by atoms with van der Waals surface area (Å²) >= 11 is 0. The summed E-state index contributed by atoms with van der Waals surface area (Å²) in [6.45, 7) is 4.82. The molecular weight excluding hydrogens is 827 g/mol. The normalized spacial score (nSPS) is 13.1. The lowest BCUT2D eigenvalue weighted by Gasteiger charge is -2.19. The Labute approximate surface area is 416 Å². The number of carbonyl (C=O) groups is 2. The average Bonchev–Trinajstić information content (AvgIpc) is 3.33. The fourth-order valence-corrected chi connectivity index (χ4v) is 8.54. The van der Waals surface area contributed by atoms with Crippen LogP contribution in [0.15, 0.2) is 60.8 Å². The quantitative estimate of drug-likeness (QED) is 0.0321. The number of ether oxygens (including phenoxy) is 1. The highest BCUT2D eigenvalue weighted by molar-refractivity contribution is 5.76. The molecule has 0 aromatic rings. The van der Waals surface area contributed by atoms with Crippen LogP contribution in [0.1, 0.15) is 290 Å². The van der Waals surface area contributed by atoms with Crippen LogP contribution in [0.4, 0.5) is 0 Å². The maximum atomic E-state index is 12.4. The van der Waals surface area contributed by atoms with E-state index in [2.05, 4.69) is 61.7 Å². The standard InChI is InChI=1S/C61H111NO5/c1-3-5-7-9-11-13-15-17-19-21-23-25-27-31-35-39-43-47-51-55-61(66)67-56-52-48-44-40-36-32-28-30-34-38-42-46-50-54-60(65)62-58(57-63)59(64)53-49-45-41-37-33-29-26-24-22-20-18-16-14-12-10-8-6-4-2/h11,13,17,19,30,34,42,46,49,53,58-59,63-64H,3-10,12,14-16,18,20-29,31-33,35-41,43-45,47-48,50-52,54-57H2,1-2H3,(H,62,65)/b13-11-,19-17-,34-30-,46-42-,53-49+. The van der Waals surface area contributed by atoms with Crippen LogP contribution in [-0.4, -0.2) is 47.4 Å². The Balaban J connectivity index is 3.57. The minimum atomic E-state index is -0.881. The first-order valence-corrected chi connectivity index (χ1v) is 29.1. The Morgan fingerprint density at radius 1 is 0.418 bits per heavy atom. The summed E-state index contributed by atoms with van der Waals surface area (Å²) in [5.74, 6) is -0.171. The molecule has 390 valence electrons. The van der Waals surface area contributed by atoms with E-state index in [0.717, 1.165) is 57.8 Å². The number of hydrogen-bond acceptors (Lipinski definition) is 5. The molecule has 0 bridgehead atoms. The molecule has 6 heteroatoms. The van der Waals surface area contributed by atoms with Crippen molar-refractivity contribution in [2.24, 2.45) is 0 Å². The highest BCUT2D eigenvalue weighted by atomic mass is 16.5. The molecule has 6 nitrogen and oxygen atoms in total. The first-order valence-electron chi connectivity index (χ1n) is 29.1. The molecule has 0 aliphatic carbocycles. The molecule has 0 radical (unpaired) electrons. The fraction of sp³-hybridized carbons (Fsp3) is 0.803. The van der Waals surface area contributed by atoms with Gasteiger partial charge in [-0.25, -0.2) is 0 Å². The minimum Gasteiger partial charge on any atom is -0.466 e. The van der Waals surface area contributed by atoms with Gasteiger partial charge in [-0.3, -0.25) is 9.59 Å². The van der Waals surface area contributed by atoms with E-state index < -0.39 is 12.1 Å². The number of aliphatic hydroxyl groups is 2. The summed E-state index contributed by atoms with van der Waals surface area (Å²) < 4.78 is 5.47. The Kier molecular flexibility index (Phi) is 54.1. The maximum absolute atomic E-state index is 12.4. The van der Waals surface area contributed by atoms with Crippen LogP contribution in [-0.2, 0) is 14.3 Å². The zero-order valence-electron chi connectivity index (χ0n) is 44.4. The van der Waals surface area contributed by atoms with Gasteiger partial charge < -0.3 is 20.3 Å². The molecule has 2 unspecified atom stereocenters. The van der Waals surface area contributed by atoms with Crippen LogP contribution >= 0.6 is 0 Å². The van der Waals surface area contributed by atoms with Crippen molar-refractivity contribution in [3.05, 3.63) is 60.8 Å². The van der Waals surface area contributed by atoms with E-state index >= 15 is 0 Å². The van der Waals surface area contributed by atoms with E-state index in [1.54, 1.807) is 6.08 Å². The number of unbranched alkanes of at least 4 members (excludes halogenated alkanes) is 34. The van der Waals surface area contributed by atoms with Crippen LogP contribution in [0, 0.1) is 0 Å². The predicted molar refractivity (Wildman–Crippen MR) is 292 cm³/mol. The molecule has 67 heavy (non-hydrogen) atoms. The van der Waals surface area contributed by atoms with Gasteiger partial charge in [-0.15, -0.1) is 0 Å². The lowest BCUT2D eigenvalue weighted by molar-refractivity contribution is -0.143. The molecule has 1 amide bonds. The molecule has 0 rings (SSSR count). The number of esters is 1. The van der Waals surface area contributed by atoms with Crippen LogP contribution in [0.5, 0.6) is 0 Å². The second kappa shape index (κ2) is 56.2. The highest BCUT2D eigenvalue weighted by Gasteiger charge is 2.17. The highest BCUT2D eigenvalue weighted by Crippen LogP contribution is 2.16. The van der Waals surface area contributed by atoms with E-state index in [1.807, 2.05) is 12.2 Å². The van der Waals surface area contributed by atoms with E-state index in [9.17, 15) is 19.8 Å². The number of carbonyl (C=O) groups excluding carboxylic acids is 2. The first-order chi connectivity index (χ1) is 33.0. The number of aliphatic hydroxyl groups excluding tert-OH is 2. The largest absolute Gasteiger partial charge is 0.466 e. The van der Waals surface area contributed by atoms with E-state index in [1.165, 1.54) is 199 Å². The minimum absolute atomic E-state index is 0.0228.